The van der Waals surface area contributed by atoms with Gasteiger partial charge in [0.1, 0.15) is 0 Å². The van der Waals surface area contributed by atoms with Crippen LogP contribution in [0.3, 0.4) is 0 Å². The normalized spacial score (nSPS) is 16.8. The van der Waals surface area contributed by atoms with Crippen molar-refractivity contribution in [3.8, 4) is 6.07 Å². The van der Waals surface area contributed by atoms with Gasteiger partial charge in [0.05, 0.1) is 11.5 Å². The van der Waals surface area contributed by atoms with Gasteiger partial charge >= 0.3 is 0 Å². The van der Waals surface area contributed by atoms with Gasteiger partial charge in [-0.3, -0.25) is 4.90 Å². The SMILES string of the molecule is CCCN(Cc1ccccc1)C(CC)CCC(C#N)(c1ccc(F)c(F)c1)C1CC1. The van der Waals surface area contributed by atoms with Crippen LogP contribution in [0, 0.1) is 28.9 Å². The van der Waals surface area contributed by atoms with Gasteiger partial charge in [-0.2, -0.15) is 5.26 Å². The highest BCUT2D eigenvalue weighted by molar-refractivity contribution is 5.36. The maximum Gasteiger partial charge on any atom is 0.159 e. The molecule has 2 aromatic rings. The van der Waals surface area contributed by atoms with E-state index in [1.807, 2.05) is 6.07 Å². The first-order chi connectivity index (χ1) is 14.5. The van der Waals surface area contributed by atoms with E-state index in [9.17, 15) is 14.0 Å². The summed E-state index contributed by atoms with van der Waals surface area (Å²) in [5.74, 6) is -1.49. The van der Waals surface area contributed by atoms with Crippen LogP contribution >= 0.6 is 0 Å². The van der Waals surface area contributed by atoms with E-state index in [1.54, 1.807) is 6.07 Å². The lowest BCUT2D eigenvalue weighted by Crippen LogP contribution is -2.37. The molecule has 3 rings (SSSR count). The zero-order chi connectivity index (χ0) is 21.6. The molecule has 1 aliphatic carbocycles. The van der Waals surface area contributed by atoms with E-state index in [4.69, 9.17) is 0 Å². The second-order valence-electron chi connectivity index (χ2n) is 8.54. The quantitative estimate of drug-likeness (QED) is 0.417. The number of benzene rings is 2. The van der Waals surface area contributed by atoms with E-state index >= 15 is 0 Å². The summed E-state index contributed by atoms with van der Waals surface area (Å²) in [6.07, 6.45) is 5.56. The molecule has 2 unspecified atom stereocenters. The Morgan fingerprint density at radius 1 is 1.10 bits per heavy atom. The zero-order valence-corrected chi connectivity index (χ0v) is 18.1. The van der Waals surface area contributed by atoms with Crippen LogP contribution < -0.4 is 0 Å². The van der Waals surface area contributed by atoms with Crippen molar-refractivity contribution in [2.75, 3.05) is 6.54 Å². The second kappa shape index (κ2) is 10.2. The highest BCUT2D eigenvalue weighted by atomic mass is 19.2. The van der Waals surface area contributed by atoms with Crippen molar-refractivity contribution in [3.05, 3.63) is 71.3 Å². The van der Waals surface area contributed by atoms with Gasteiger partial charge < -0.3 is 0 Å². The van der Waals surface area contributed by atoms with E-state index in [0.29, 0.717) is 18.0 Å². The predicted octanol–water partition coefficient (Wildman–Crippen LogP) is 6.61. The van der Waals surface area contributed by atoms with E-state index in [-0.39, 0.29) is 5.92 Å². The van der Waals surface area contributed by atoms with Gasteiger partial charge in [0.25, 0.3) is 0 Å². The average molecular weight is 411 g/mol. The highest BCUT2D eigenvalue weighted by Crippen LogP contribution is 2.50. The Balaban J connectivity index is 1.80. The molecule has 0 heterocycles. The Morgan fingerprint density at radius 2 is 1.83 bits per heavy atom. The fraction of sp³-hybridized carbons (Fsp3) is 0.500. The maximum absolute atomic E-state index is 14.0. The standard InChI is InChI=1S/C26H32F2N2/c1-3-16-30(18-20-8-6-5-7-9-20)23(4-2)14-15-26(19-29,21-10-11-21)22-12-13-24(27)25(28)17-22/h5-9,12-13,17,21,23H,3-4,10-11,14-16,18H2,1-2H3. The molecule has 160 valence electrons. The number of nitrogens with zero attached hydrogens (tertiary/aromatic N) is 2. The molecular weight excluding hydrogens is 378 g/mol. The zero-order valence-electron chi connectivity index (χ0n) is 18.1. The van der Waals surface area contributed by atoms with E-state index in [2.05, 4.69) is 49.1 Å². The van der Waals surface area contributed by atoms with E-state index in [0.717, 1.165) is 51.3 Å². The Bertz CT molecular complexity index is 857. The first-order valence-electron chi connectivity index (χ1n) is 11.2. The Kier molecular flexibility index (Phi) is 7.61. The summed E-state index contributed by atoms with van der Waals surface area (Å²) in [6.45, 7) is 6.28. The lowest BCUT2D eigenvalue weighted by atomic mass is 9.73. The van der Waals surface area contributed by atoms with Crippen LogP contribution in [0.5, 0.6) is 0 Å². The third-order valence-electron chi connectivity index (χ3n) is 6.51. The third kappa shape index (κ3) is 5.08. The molecule has 0 amide bonds. The van der Waals surface area contributed by atoms with E-state index < -0.39 is 17.0 Å². The second-order valence-corrected chi connectivity index (χ2v) is 8.54. The first kappa shape index (κ1) is 22.4. The van der Waals surface area contributed by atoms with Crippen LogP contribution in [-0.2, 0) is 12.0 Å². The molecule has 2 aromatic carbocycles. The smallest absolute Gasteiger partial charge is 0.159 e. The molecular formula is C26H32F2N2. The molecule has 0 aliphatic heterocycles. The van der Waals surface area contributed by atoms with Crippen molar-refractivity contribution in [2.45, 2.75) is 70.4 Å². The Morgan fingerprint density at radius 3 is 2.40 bits per heavy atom. The fourth-order valence-electron chi connectivity index (χ4n) is 4.68. The minimum Gasteiger partial charge on any atom is -0.296 e. The summed E-state index contributed by atoms with van der Waals surface area (Å²) >= 11 is 0. The van der Waals surface area contributed by atoms with Gasteiger partial charge in [-0.05, 0) is 74.2 Å². The largest absolute Gasteiger partial charge is 0.296 e. The Hall–Kier alpha value is -2.25. The van der Waals surface area contributed by atoms with Crippen LogP contribution in [0.25, 0.3) is 0 Å². The van der Waals surface area contributed by atoms with Crippen molar-refractivity contribution >= 4 is 0 Å². The minimum atomic E-state index is -0.864. The molecule has 0 spiro atoms. The molecule has 2 atom stereocenters. The van der Waals surface area contributed by atoms with Crippen molar-refractivity contribution in [1.29, 1.82) is 5.26 Å². The molecule has 2 nitrogen and oxygen atoms in total. The van der Waals surface area contributed by atoms with Gasteiger partial charge in [-0.15, -0.1) is 0 Å². The van der Waals surface area contributed by atoms with Crippen LogP contribution in [0.1, 0.15) is 63.5 Å². The summed E-state index contributed by atoms with van der Waals surface area (Å²) in [6, 6.07) is 17.4. The molecule has 4 heteroatoms. The van der Waals surface area contributed by atoms with Crippen LogP contribution in [-0.4, -0.2) is 17.5 Å². The lowest BCUT2D eigenvalue weighted by Gasteiger charge is -2.34. The summed E-state index contributed by atoms with van der Waals surface area (Å²) in [5, 5.41) is 10.2. The van der Waals surface area contributed by atoms with Crippen molar-refractivity contribution in [2.24, 2.45) is 5.92 Å². The predicted molar refractivity (Wildman–Crippen MR) is 117 cm³/mol. The number of hydrogen-bond acceptors (Lipinski definition) is 2. The van der Waals surface area contributed by atoms with Gasteiger partial charge in [0.2, 0.25) is 0 Å². The van der Waals surface area contributed by atoms with Gasteiger partial charge in [0.15, 0.2) is 11.6 Å². The summed E-state index contributed by atoms with van der Waals surface area (Å²) in [4.78, 5) is 2.51. The van der Waals surface area contributed by atoms with Crippen LogP contribution in [0.2, 0.25) is 0 Å². The van der Waals surface area contributed by atoms with Crippen LogP contribution in [0.4, 0.5) is 8.78 Å². The third-order valence-corrected chi connectivity index (χ3v) is 6.51. The molecule has 1 saturated carbocycles. The number of nitriles is 1. The van der Waals surface area contributed by atoms with E-state index in [1.165, 1.54) is 11.6 Å². The monoisotopic (exact) mass is 410 g/mol. The number of rotatable bonds is 11. The molecule has 0 aromatic heterocycles. The topological polar surface area (TPSA) is 27.0 Å². The molecule has 1 aliphatic rings. The number of halogens is 2. The van der Waals surface area contributed by atoms with Crippen molar-refractivity contribution < 1.29 is 8.78 Å². The molecule has 1 fully saturated rings. The molecule has 0 saturated heterocycles. The highest BCUT2D eigenvalue weighted by Gasteiger charge is 2.47. The minimum absolute atomic E-state index is 0.235. The fourth-order valence-corrected chi connectivity index (χ4v) is 4.68. The molecule has 0 N–H and O–H groups in total. The Labute approximate surface area is 179 Å². The maximum atomic E-state index is 14.0. The van der Waals surface area contributed by atoms with Gasteiger partial charge in [-0.1, -0.05) is 50.2 Å². The summed E-state index contributed by atoms with van der Waals surface area (Å²) in [7, 11) is 0. The van der Waals surface area contributed by atoms with Crippen molar-refractivity contribution in [1.82, 2.24) is 4.90 Å². The van der Waals surface area contributed by atoms with Gasteiger partial charge in [-0.25, -0.2) is 8.78 Å². The number of hydrogen-bond donors (Lipinski definition) is 0. The lowest BCUT2D eigenvalue weighted by molar-refractivity contribution is 0.163. The summed E-state index contributed by atoms with van der Waals surface area (Å²) in [5.41, 5.74) is 1.19. The van der Waals surface area contributed by atoms with Crippen molar-refractivity contribution in [3.63, 3.8) is 0 Å². The van der Waals surface area contributed by atoms with Crippen LogP contribution in [0.15, 0.2) is 48.5 Å². The average Bonchev–Trinajstić information content (AvgIpc) is 3.60. The molecule has 0 bridgehead atoms. The molecule has 0 radical (unpaired) electrons. The van der Waals surface area contributed by atoms with Gasteiger partial charge in [0, 0.05) is 12.6 Å². The first-order valence-corrected chi connectivity index (χ1v) is 11.2. The molecule has 30 heavy (non-hydrogen) atoms. The summed E-state index contributed by atoms with van der Waals surface area (Å²) < 4.78 is 27.5.